The minimum absolute atomic E-state index is 0.462. The molecule has 1 atom stereocenters. The Morgan fingerprint density at radius 1 is 1.56 bits per heavy atom. The summed E-state index contributed by atoms with van der Waals surface area (Å²) in [6.45, 7) is 4.87. The molecule has 0 amide bonds. The molecule has 0 radical (unpaired) electrons. The summed E-state index contributed by atoms with van der Waals surface area (Å²) in [6.07, 6.45) is 5.00. The molecule has 0 saturated carbocycles. The zero-order chi connectivity index (χ0) is 12.5. The van der Waals surface area contributed by atoms with E-state index in [9.17, 15) is 0 Å². The van der Waals surface area contributed by atoms with Crippen LogP contribution in [-0.4, -0.2) is 32.9 Å². The number of hydrogen-bond acceptors (Lipinski definition) is 4. The van der Waals surface area contributed by atoms with E-state index in [2.05, 4.69) is 31.1 Å². The highest BCUT2D eigenvalue weighted by atomic mass is 79.9. The first-order valence-corrected chi connectivity index (χ1v) is 6.84. The summed E-state index contributed by atoms with van der Waals surface area (Å²) >= 11 is 3.43. The molecule has 0 spiro atoms. The van der Waals surface area contributed by atoms with Crippen molar-refractivity contribution in [1.29, 1.82) is 0 Å². The van der Waals surface area contributed by atoms with Crippen LogP contribution in [-0.2, 0) is 6.54 Å². The van der Waals surface area contributed by atoms with Gasteiger partial charge in [-0.1, -0.05) is 5.16 Å². The molecule has 3 rings (SSSR count). The van der Waals surface area contributed by atoms with E-state index in [1.807, 2.05) is 30.1 Å². The minimum atomic E-state index is 0.462. The lowest BCUT2D eigenvalue weighted by Crippen LogP contribution is -2.21. The van der Waals surface area contributed by atoms with Gasteiger partial charge in [0.25, 0.3) is 0 Å². The summed E-state index contributed by atoms with van der Waals surface area (Å²) in [5, 5.41) is 8.39. The molecular weight excluding hydrogens is 296 g/mol. The van der Waals surface area contributed by atoms with Gasteiger partial charge in [0.05, 0.1) is 22.4 Å². The fraction of sp³-hybridized carbons (Fsp3) is 0.500. The summed E-state index contributed by atoms with van der Waals surface area (Å²) in [5.41, 5.74) is 1.01. The van der Waals surface area contributed by atoms with Gasteiger partial charge in [0.1, 0.15) is 5.76 Å². The monoisotopic (exact) mass is 310 g/mol. The van der Waals surface area contributed by atoms with E-state index in [1.165, 1.54) is 0 Å². The zero-order valence-electron chi connectivity index (χ0n) is 10.2. The van der Waals surface area contributed by atoms with Gasteiger partial charge in [-0.15, -0.1) is 0 Å². The van der Waals surface area contributed by atoms with Crippen molar-refractivity contribution in [3.05, 3.63) is 34.4 Å². The van der Waals surface area contributed by atoms with Gasteiger partial charge in [-0.25, -0.2) is 0 Å². The first kappa shape index (κ1) is 11.9. The average molecular weight is 311 g/mol. The van der Waals surface area contributed by atoms with E-state index in [1.54, 1.807) is 0 Å². The molecule has 5 nitrogen and oxygen atoms in total. The summed E-state index contributed by atoms with van der Waals surface area (Å²) in [5.74, 6) is 0.872. The second-order valence-electron chi connectivity index (χ2n) is 4.75. The molecule has 2 aromatic rings. The molecule has 0 N–H and O–H groups in total. The van der Waals surface area contributed by atoms with Crippen LogP contribution in [0.25, 0.3) is 0 Å². The van der Waals surface area contributed by atoms with Gasteiger partial charge >= 0.3 is 0 Å². The Morgan fingerprint density at radius 3 is 3.11 bits per heavy atom. The van der Waals surface area contributed by atoms with Crippen LogP contribution < -0.4 is 0 Å². The Balaban J connectivity index is 1.61. The molecule has 0 bridgehead atoms. The van der Waals surface area contributed by atoms with E-state index in [-0.39, 0.29) is 0 Å². The molecule has 1 fully saturated rings. The number of halogens is 1. The van der Waals surface area contributed by atoms with Crippen LogP contribution in [0.5, 0.6) is 0 Å². The largest absolute Gasteiger partial charge is 0.361 e. The molecule has 1 saturated heterocycles. The quantitative estimate of drug-likeness (QED) is 0.873. The van der Waals surface area contributed by atoms with Crippen LogP contribution in [0, 0.1) is 6.92 Å². The molecule has 1 aliphatic rings. The summed E-state index contributed by atoms with van der Waals surface area (Å²) in [6, 6.07) is 2.46. The third-order valence-corrected chi connectivity index (χ3v) is 3.66. The van der Waals surface area contributed by atoms with Crippen molar-refractivity contribution in [3.63, 3.8) is 0 Å². The zero-order valence-corrected chi connectivity index (χ0v) is 11.8. The van der Waals surface area contributed by atoms with E-state index >= 15 is 0 Å². The fourth-order valence-corrected chi connectivity index (χ4v) is 2.71. The minimum Gasteiger partial charge on any atom is -0.361 e. The lowest BCUT2D eigenvalue weighted by molar-refractivity contribution is 0.297. The molecule has 1 unspecified atom stereocenters. The number of aryl methyl sites for hydroxylation is 1. The fourth-order valence-electron chi connectivity index (χ4n) is 2.41. The van der Waals surface area contributed by atoms with Gasteiger partial charge < -0.3 is 4.52 Å². The Kier molecular flexibility index (Phi) is 3.22. The molecule has 0 aromatic carbocycles. The van der Waals surface area contributed by atoms with Gasteiger partial charge in [0.15, 0.2) is 0 Å². The van der Waals surface area contributed by atoms with Crippen LogP contribution in [0.1, 0.15) is 23.9 Å². The van der Waals surface area contributed by atoms with Crippen molar-refractivity contribution in [3.8, 4) is 0 Å². The van der Waals surface area contributed by atoms with Crippen LogP contribution >= 0.6 is 15.9 Å². The molecular formula is C12H15BrN4O. The van der Waals surface area contributed by atoms with Gasteiger partial charge in [-0.3, -0.25) is 9.58 Å². The van der Waals surface area contributed by atoms with Crippen LogP contribution in [0.4, 0.5) is 0 Å². The van der Waals surface area contributed by atoms with Crippen molar-refractivity contribution < 1.29 is 4.52 Å². The number of likely N-dealkylation sites (tertiary alicyclic amines) is 1. The molecule has 0 aliphatic carbocycles. The second-order valence-corrected chi connectivity index (χ2v) is 5.66. The summed E-state index contributed by atoms with van der Waals surface area (Å²) in [4.78, 5) is 2.39. The normalized spacial score (nSPS) is 20.7. The van der Waals surface area contributed by atoms with Gasteiger partial charge in [0, 0.05) is 31.9 Å². The van der Waals surface area contributed by atoms with Crippen molar-refractivity contribution in [2.75, 3.05) is 13.1 Å². The predicted molar refractivity (Wildman–Crippen MR) is 70.1 cm³/mol. The third kappa shape index (κ3) is 2.49. The van der Waals surface area contributed by atoms with Crippen LogP contribution in [0.3, 0.4) is 0 Å². The van der Waals surface area contributed by atoms with Crippen LogP contribution in [0.2, 0.25) is 0 Å². The topological polar surface area (TPSA) is 47.1 Å². The first-order valence-electron chi connectivity index (χ1n) is 6.05. The molecule has 1 aliphatic heterocycles. The van der Waals surface area contributed by atoms with Crippen LogP contribution in [0.15, 0.2) is 27.5 Å². The van der Waals surface area contributed by atoms with E-state index in [0.717, 1.165) is 42.0 Å². The average Bonchev–Trinajstić information content (AvgIpc) is 3.01. The SMILES string of the molecule is Cc1cc(CN2CCC(n3cc(Br)cn3)C2)no1. The number of hydrogen-bond donors (Lipinski definition) is 0. The number of aromatic nitrogens is 3. The van der Waals surface area contributed by atoms with Gasteiger partial charge in [-0.05, 0) is 29.3 Å². The highest BCUT2D eigenvalue weighted by molar-refractivity contribution is 9.10. The van der Waals surface area contributed by atoms with E-state index in [0.29, 0.717) is 6.04 Å². The van der Waals surface area contributed by atoms with Gasteiger partial charge in [-0.2, -0.15) is 5.10 Å². The Morgan fingerprint density at radius 2 is 2.44 bits per heavy atom. The molecule has 6 heteroatoms. The highest BCUT2D eigenvalue weighted by Gasteiger charge is 2.25. The highest BCUT2D eigenvalue weighted by Crippen LogP contribution is 2.23. The maximum atomic E-state index is 5.09. The van der Waals surface area contributed by atoms with E-state index in [4.69, 9.17) is 4.52 Å². The van der Waals surface area contributed by atoms with Gasteiger partial charge in [0.2, 0.25) is 0 Å². The molecule has 96 valence electrons. The maximum absolute atomic E-state index is 5.09. The number of rotatable bonds is 3. The first-order chi connectivity index (χ1) is 8.70. The van der Waals surface area contributed by atoms with Crippen molar-refractivity contribution in [1.82, 2.24) is 19.8 Å². The lowest BCUT2D eigenvalue weighted by atomic mass is 10.3. The summed E-state index contributed by atoms with van der Waals surface area (Å²) in [7, 11) is 0. The van der Waals surface area contributed by atoms with E-state index < -0.39 is 0 Å². The number of nitrogens with zero attached hydrogens (tertiary/aromatic N) is 4. The Bertz CT molecular complexity index is 536. The van der Waals surface area contributed by atoms with Crippen molar-refractivity contribution >= 4 is 15.9 Å². The standard InChI is InChI=1S/C12H15BrN4O/c1-9-4-11(15-18-9)7-16-3-2-12(8-16)17-6-10(13)5-14-17/h4-6,12H,2-3,7-8H2,1H3. The smallest absolute Gasteiger partial charge is 0.133 e. The molecule has 18 heavy (non-hydrogen) atoms. The predicted octanol–water partition coefficient (Wildman–Crippen LogP) is 2.39. The molecule has 2 aromatic heterocycles. The van der Waals surface area contributed by atoms with Crippen molar-refractivity contribution in [2.24, 2.45) is 0 Å². The second kappa shape index (κ2) is 4.85. The lowest BCUT2D eigenvalue weighted by Gasteiger charge is -2.14. The summed E-state index contributed by atoms with van der Waals surface area (Å²) < 4.78 is 8.16. The Hall–Kier alpha value is -1.14. The maximum Gasteiger partial charge on any atom is 0.133 e. The Labute approximate surface area is 114 Å². The molecule has 3 heterocycles. The van der Waals surface area contributed by atoms with Crippen molar-refractivity contribution in [2.45, 2.75) is 25.9 Å². The third-order valence-electron chi connectivity index (χ3n) is 3.25.